The topological polar surface area (TPSA) is 46.6 Å². The second-order valence-corrected chi connectivity index (χ2v) is 8.79. The summed E-state index contributed by atoms with van der Waals surface area (Å²) >= 11 is 6.63. The number of carbonyl (C=O) groups is 2. The highest BCUT2D eigenvalue weighted by Gasteiger charge is 2.31. The van der Waals surface area contributed by atoms with Crippen molar-refractivity contribution in [1.82, 2.24) is 4.90 Å². The van der Waals surface area contributed by atoms with Gasteiger partial charge in [0.05, 0.1) is 11.5 Å². The molecule has 4 nitrogen and oxygen atoms in total. The van der Waals surface area contributed by atoms with Gasteiger partial charge in [-0.1, -0.05) is 69.0 Å². The first-order valence-electron chi connectivity index (χ1n) is 8.74. The number of esters is 1. The molecule has 26 heavy (non-hydrogen) atoms. The molecule has 0 radical (unpaired) electrons. The van der Waals surface area contributed by atoms with Gasteiger partial charge in [0, 0.05) is 13.0 Å². The highest BCUT2D eigenvalue weighted by molar-refractivity contribution is 8.26. The first kappa shape index (κ1) is 20.6. The molecule has 140 valence electrons. The van der Waals surface area contributed by atoms with Crippen LogP contribution in [0.1, 0.15) is 51.7 Å². The maximum Gasteiger partial charge on any atom is 0.305 e. The summed E-state index contributed by atoms with van der Waals surface area (Å²) < 4.78 is 5.44. The molecule has 1 fully saturated rings. The van der Waals surface area contributed by atoms with Crippen molar-refractivity contribution in [3.05, 3.63) is 40.3 Å². The van der Waals surface area contributed by atoms with Crippen LogP contribution in [0.2, 0.25) is 0 Å². The van der Waals surface area contributed by atoms with E-state index in [1.807, 2.05) is 18.2 Å². The van der Waals surface area contributed by atoms with Crippen LogP contribution in [0.5, 0.6) is 0 Å². The minimum atomic E-state index is -0.243. The third kappa shape index (κ3) is 5.42. The van der Waals surface area contributed by atoms with Gasteiger partial charge in [0.15, 0.2) is 0 Å². The predicted octanol–water partition coefficient (Wildman–Crippen LogP) is 4.53. The van der Waals surface area contributed by atoms with Crippen molar-refractivity contribution >= 4 is 46.3 Å². The molecule has 0 saturated carbocycles. The smallest absolute Gasteiger partial charge is 0.305 e. The first-order chi connectivity index (χ1) is 12.2. The molecule has 0 spiro atoms. The SMILES string of the molecule is CCOC(=O)CCCN1C(=O)/C(=C/c2ccc(C(C)(C)C)cc2)SC1=S. The van der Waals surface area contributed by atoms with Crippen molar-refractivity contribution in [2.24, 2.45) is 0 Å². The summed E-state index contributed by atoms with van der Waals surface area (Å²) in [4.78, 5) is 26.2. The van der Waals surface area contributed by atoms with Crippen molar-refractivity contribution < 1.29 is 14.3 Å². The Labute approximate surface area is 165 Å². The predicted molar refractivity (Wildman–Crippen MR) is 111 cm³/mol. The molecule has 2 rings (SSSR count). The van der Waals surface area contributed by atoms with E-state index < -0.39 is 0 Å². The van der Waals surface area contributed by atoms with Crippen molar-refractivity contribution in [1.29, 1.82) is 0 Å². The average molecular weight is 392 g/mol. The molecule has 1 aromatic carbocycles. The van der Waals surface area contributed by atoms with Crippen LogP contribution in [0, 0.1) is 0 Å². The summed E-state index contributed by atoms with van der Waals surface area (Å²) in [5, 5.41) is 0. The Balaban J connectivity index is 2.01. The number of ether oxygens (including phenoxy) is 1. The van der Waals surface area contributed by atoms with Crippen LogP contribution >= 0.6 is 24.0 Å². The zero-order valence-electron chi connectivity index (χ0n) is 15.7. The van der Waals surface area contributed by atoms with E-state index in [1.54, 1.807) is 11.8 Å². The van der Waals surface area contributed by atoms with E-state index in [4.69, 9.17) is 17.0 Å². The minimum Gasteiger partial charge on any atom is -0.466 e. The van der Waals surface area contributed by atoms with Crippen LogP contribution in [-0.2, 0) is 19.7 Å². The second-order valence-electron chi connectivity index (χ2n) is 7.11. The molecular weight excluding hydrogens is 366 g/mol. The molecule has 6 heteroatoms. The van der Waals surface area contributed by atoms with Gasteiger partial charge in [-0.25, -0.2) is 0 Å². The van der Waals surface area contributed by atoms with Gasteiger partial charge in [-0.2, -0.15) is 0 Å². The van der Waals surface area contributed by atoms with Gasteiger partial charge in [-0.05, 0) is 36.0 Å². The number of rotatable bonds is 6. The number of thiocarbonyl (C=S) groups is 1. The van der Waals surface area contributed by atoms with E-state index in [1.165, 1.54) is 17.3 Å². The minimum absolute atomic E-state index is 0.0937. The van der Waals surface area contributed by atoms with E-state index in [9.17, 15) is 9.59 Å². The molecule has 0 atom stereocenters. The number of benzene rings is 1. The zero-order chi connectivity index (χ0) is 19.3. The van der Waals surface area contributed by atoms with Gasteiger partial charge in [-0.3, -0.25) is 14.5 Å². The van der Waals surface area contributed by atoms with Gasteiger partial charge in [0.1, 0.15) is 4.32 Å². The molecule has 1 saturated heterocycles. The molecule has 0 bridgehead atoms. The summed E-state index contributed by atoms with van der Waals surface area (Å²) in [6, 6.07) is 8.22. The van der Waals surface area contributed by atoms with Crippen molar-refractivity contribution in [2.75, 3.05) is 13.2 Å². The Morgan fingerprint density at radius 2 is 1.92 bits per heavy atom. The van der Waals surface area contributed by atoms with Crippen molar-refractivity contribution in [3.63, 3.8) is 0 Å². The van der Waals surface area contributed by atoms with Crippen LogP contribution in [0.25, 0.3) is 6.08 Å². The fourth-order valence-electron chi connectivity index (χ4n) is 2.54. The Morgan fingerprint density at radius 3 is 2.50 bits per heavy atom. The number of nitrogens with zero attached hydrogens (tertiary/aromatic N) is 1. The van der Waals surface area contributed by atoms with E-state index >= 15 is 0 Å². The lowest BCUT2D eigenvalue weighted by Gasteiger charge is -2.18. The Hall–Kier alpha value is -1.66. The number of hydrogen-bond acceptors (Lipinski definition) is 5. The monoisotopic (exact) mass is 391 g/mol. The van der Waals surface area contributed by atoms with Crippen LogP contribution in [0.3, 0.4) is 0 Å². The van der Waals surface area contributed by atoms with Crippen LogP contribution in [0.15, 0.2) is 29.2 Å². The number of thioether (sulfide) groups is 1. The standard InChI is InChI=1S/C20H25NO3S2/c1-5-24-17(22)7-6-12-21-18(23)16(26-19(21)25)13-14-8-10-15(11-9-14)20(2,3)4/h8-11,13H,5-7,12H2,1-4H3/b16-13-. The zero-order valence-corrected chi connectivity index (χ0v) is 17.3. The van der Waals surface area contributed by atoms with Crippen LogP contribution in [-0.4, -0.2) is 34.2 Å². The van der Waals surface area contributed by atoms with Gasteiger partial charge in [0.2, 0.25) is 0 Å². The van der Waals surface area contributed by atoms with Crippen molar-refractivity contribution in [3.8, 4) is 0 Å². The van der Waals surface area contributed by atoms with E-state index in [2.05, 4.69) is 32.9 Å². The summed E-state index contributed by atoms with van der Waals surface area (Å²) in [7, 11) is 0. The molecule has 1 aromatic rings. The molecule has 0 aromatic heterocycles. The average Bonchev–Trinajstić information content (AvgIpc) is 2.82. The highest BCUT2D eigenvalue weighted by atomic mass is 32.2. The molecular formula is C20H25NO3S2. The third-order valence-electron chi connectivity index (χ3n) is 4.02. The summed E-state index contributed by atoms with van der Waals surface area (Å²) in [6.45, 7) is 9.09. The number of carbonyl (C=O) groups excluding carboxylic acids is 2. The molecule has 1 heterocycles. The molecule has 0 unspecified atom stereocenters. The first-order valence-corrected chi connectivity index (χ1v) is 9.96. The summed E-state index contributed by atoms with van der Waals surface area (Å²) in [6.07, 6.45) is 2.70. The van der Waals surface area contributed by atoms with Crippen molar-refractivity contribution in [2.45, 2.75) is 46.0 Å². The van der Waals surface area contributed by atoms with Gasteiger partial charge < -0.3 is 4.74 Å². The summed E-state index contributed by atoms with van der Waals surface area (Å²) in [5.41, 5.74) is 2.33. The van der Waals surface area contributed by atoms with Gasteiger partial charge in [-0.15, -0.1) is 0 Å². The highest BCUT2D eigenvalue weighted by Crippen LogP contribution is 2.33. The lowest BCUT2D eigenvalue weighted by atomic mass is 9.87. The quantitative estimate of drug-likeness (QED) is 0.405. The third-order valence-corrected chi connectivity index (χ3v) is 5.39. The molecule has 1 amide bonds. The molecule has 0 N–H and O–H groups in total. The largest absolute Gasteiger partial charge is 0.466 e. The number of amides is 1. The van der Waals surface area contributed by atoms with Crippen LogP contribution < -0.4 is 0 Å². The lowest BCUT2D eigenvalue weighted by molar-refractivity contribution is -0.143. The maximum absolute atomic E-state index is 12.6. The normalized spacial score (nSPS) is 16.5. The molecule has 0 aliphatic carbocycles. The van der Waals surface area contributed by atoms with Crippen LogP contribution in [0.4, 0.5) is 0 Å². The molecule has 1 aliphatic rings. The Bertz CT molecular complexity index is 718. The van der Waals surface area contributed by atoms with E-state index in [0.29, 0.717) is 28.8 Å². The van der Waals surface area contributed by atoms with E-state index in [-0.39, 0.29) is 23.7 Å². The lowest BCUT2D eigenvalue weighted by Crippen LogP contribution is -2.29. The van der Waals surface area contributed by atoms with E-state index in [0.717, 1.165) is 5.56 Å². The fourth-order valence-corrected chi connectivity index (χ4v) is 3.85. The molecule has 1 aliphatic heterocycles. The fraction of sp³-hybridized carbons (Fsp3) is 0.450. The number of hydrogen-bond donors (Lipinski definition) is 0. The Morgan fingerprint density at radius 1 is 1.27 bits per heavy atom. The second kappa shape index (κ2) is 8.82. The summed E-state index contributed by atoms with van der Waals surface area (Å²) in [5.74, 6) is -0.337. The Kier molecular flexibility index (Phi) is 7.01. The van der Waals surface area contributed by atoms with Gasteiger partial charge in [0.25, 0.3) is 5.91 Å². The van der Waals surface area contributed by atoms with Gasteiger partial charge >= 0.3 is 5.97 Å². The maximum atomic E-state index is 12.6.